The number of hydrogen-bond donors (Lipinski definition) is 0. The molecule has 86 valence electrons. The molecule has 0 aliphatic rings. The van der Waals surface area contributed by atoms with Crippen LogP contribution in [0.15, 0.2) is 36.4 Å². The van der Waals surface area contributed by atoms with Crippen molar-refractivity contribution in [3.8, 4) is 0 Å². The maximum absolute atomic E-state index is 11.5. The lowest BCUT2D eigenvalue weighted by Crippen LogP contribution is -2.19. The highest BCUT2D eigenvalue weighted by atomic mass is 16.7. The average molecular weight is 219 g/mol. The molecule has 0 atom stereocenters. The molecule has 1 rings (SSSR count). The van der Waals surface area contributed by atoms with Crippen LogP contribution in [0.4, 0.5) is 0 Å². The lowest BCUT2D eigenvalue weighted by atomic mass is 10.2. The molecule has 0 aromatic heterocycles. The Balaban J connectivity index is 2.37. The van der Waals surface area contributed by atoms with Crippen molar-refractivity contribution in [2.24, 2.45) is 0 Å². The fourth-order valence-electron chi connectivity index (χ4n) is 1.20. The van der Waals surface area contributed by atoms with E-state index in [0.717, 1.165) is 5.56 Å². The molecule has 0 aliphatic heterocycles. The fraction of sp³-hybridized carbons (Fsp3) is 0.308. The Labute approximate surface area is 96.3 Å². The van der Waals surface area contributed by atoms with Crippen LogP contribution in [-0.2, 0) is 9.63 Å². The molecule has 0 amide bonds. The first kappa shape index (κ1) is 12.6. The summed E-state index contributed by atoms with van der Waals surface area (Å²) >= 11 is 0. The fourth-order valence-corrected chi connectivity index (χ4v) is 1.20. The topological polar surface area (TPSA) is 29.5 Å². The normalized spacial score (nSPS) is 11.2. The molecule has 3 heteroatoms. The van der Waals surface area contributed by atoms with Gasteiger partial charge in [-0.15, -0.1) is 0 Å². The summed E-state index contributed by atoms with van der Waals surface area (Å²) in [5.74, 6) is 0.104. The molecule has 0 heterocycles. The molecule has 3 nitrogen and oxygen atoms in total. The van der Waals surface area contributed by atoms with E-state index in [1.54, 1.807) is 25.3 Å². The van der Waals surface area contributed by atoms with Gasteiger partial charge in [0.15, 0.2) is 5.78 Å². The molecule has 0 N–H and O–H groups in total. The van der Waals surface area contributed by atoms with E-state index in [4.69, 9.17) is 4.84 Å². The van der Waals surface area contributed by atoms with Crippen LogP contribution in [0, 0.1) is 0 Å². The Morgan fingerprint density at radius 1 is 1.38 bits per heavy atom. The molecule has 0 radical (unpaired) electrons. The number of rotatable bonds is 6. The maximum atomic E-state index is 11.5. The van der Waals surface area contributed by atoms with Crippen LogP contribution in [0.25, 0.3) is 6.08 Å². The molecular weight excluding hydrogens is 202 g/mol. The van der Waals surface area contributed by atoms with Crippen LogP contribution in [0.1, 0.15) is 12.0 Å². The Hall–Kier alpha value is -1.45. The van der Waals surface area contributed by atoms with E-state index in [2.05, 4.69) is 0 Å². The number of benzene rings is 1. The first-order valence-electron chi connectivity index (χ1n) is 5.23. The minimum absolute atomic E-state index is 0.104. The van der Waals surface area contributed by atoms with Gasteiger partial charge in [0.1, 0.15) is 0 Å². The van der Waals surface area contributed by atoms with Crippen molar-refractivity contribution >= 4 is 11.9 Å². The molecule has 0 unspecified atom stereocenters. The number of nitrogens with zero attached hydrogens (tertiary/aromatic N) is 1. The van der Waals surface area contributed by atoms with E-state index in [-0.39, 0.29) is 5.78 Å². The van der Waals surface area contributed by atoms with Gasteiger partial charge in [0.2, 0.25) is 0 Å². The number of carbonyl (C=O) groups excluding carboxylic acids is 1. The molecule has 1 aromatic carbocycles. The second-order valence-electron chi connectivity index (χ2n) is 3.49. The third-order valence-electron chi connectivity index (χ3n) is 2.25. The zero-order valence-electron chi connectivity index (χ0n) is 9.72. The summed E-state index contributed by atoms with van der Waals surface area (Å²) in [5.41, 5.74) is 1.04. The Morgan fingerprint density at radius 2 is 2.06 bits per heavy atom. The molecule has 0 saturated carbocycles. The Morgan fingerprint density at radius 3 is 2.69 bits per heavy atom. The summed E-state index contributed by atoms with van der Waals surface area (Å²) in [6.45, 7) is 0.606. The highest BCUT2D eigenvalue weighted by Gasteiger charge is 2.00. The SMILES string of the molecule is CON(C)CCC(=O)/C=C/c1ccccc1. The van der Waals surface area contributed by atoms with Gasteiger partial charge in [0, 0.05) is 20.0 Å². The predicted octanol–water partition coefficient (Wildman–Crippen LogP) is 2.15. The monoisotopic (exact) mass is 219 g/mol. The molecule has 0 saturated heterocycles. The van der Waals surface area contributed by atoms with Gasteiger partial charge in [-0.25, -0.2) is 0 Å². The van der Waals surface area contributed by atoms with E-state index in [1.165, 1.54) is 0 Å². The minimum Gasteiger partial charge on any atom is -0.303 e. The quantitative estimate of drug-likeness (QED) is 0.542. The summed E-state index contributed by atoms with van der Waals surface area (Å²) in [7, 11) is 3.39. The highest BCUT2D eigenvalue weighted by Crippen LogP contribution is 2.01. The van der Waals surface area contributed by atoms with Crippen molar-refractivity contribution in [3.63, 3.8) is 0 Å². The number of ketones is 1. The van der Waals surface area contributed by atoms with Gasteiger partial charge in [-0.1, -0.05) is 36.4 Å². The van der Waals surface area contributed by atoms with Crippen LogP contribution < -0.4 is 0 Å². The number of hydroxylamine groups is 2. The Bertz CT molecular complexity index is 346. The van der Waals surface area contributed by atoms with E-state index in [1.807, 2.05) is 36.4 Å². The largest absolute Gasteiger partial charge is 0.303 e. The van der Waals surface area contributed by atoms with Crippen LogP contribution in [0.5, 0.6) is 0 Å². The number of hydrogen-bond acceptors (Lipinski definition) is 3. The summed E-state index contributed by atoms with van der Waals surface area (Å²) in [6.07, 6.45) is 3.90. The standard InChI is InChI=1S/C13H17NO2/c1-14(16-2)11-10-13(15)9-8-12-6-4-3-5-7-12/h3-9H,10-11H2,1-2H3/b9-8+. The molecule has 16 heavy (non-hydrogen) atoms. The van der Waals surface area contributed by atoms with Crippen molar-refractivity contribution in [2.75, 3.05) is 20.7 Å². The van der Waals surface area contributed by atoms with Crippen LogP contribution in [0.2, 0.25) is 0 Å². The Kier molecular flexibility index (Phi) is 5.46. The molecule has 0 aliphatic carbocycles. The number of allylic oxidation sites excluding steroid dienone is 1. The molecule has 0 spiro atoms. The molecule has 0 fully saturated rings. The lowest BCUT2D eigenvalue weighted by Gasteiger charge is -2.11. The summed E-state index contributed by atoms with van der Waals surface area (Å²) in [6, 6.07) is 9.77. The van der Waals surface area contributed by atoms with Crippen LogP contribution in [-0.4, -0.2) is 31.5 Å². The summed E-state index contributed by atoms with van der Waals surface area (Å²) in [5, 5.41) is 1.63. The maximum Gasteiger partial charge on any atom is 0.157 e. The van der Waals surface area contributed by atoms with Gasteiger partial charge in [-0.3, -0.25) is 4.79 Å². The van der Waals surface area contributed by atoms with Gasteiger partial charge < -0.3 is 4.84 Å². The van der Waals surface area contributed by atoms with Crippen molar-refractivity contribution in [3.05, 3.63) is 42.0 Å². The second-order valence-corrected chi connectivity index (χ2v) is 3.49. The number of carbonyl (C=O) groups is 1. The highest BCUT2D eigenvalue weighted by molar-refractivity contribution is 5.93. The third-order valence-corrected chi connectivity index (χ3v) is 2.25. The second kappa shape index (κ2) is 6.93. The summed E-state index contributed by atoms with van der Waals surface area (Å²) in [4.78, 5) is 16.4. The van der Waals surface area contributed by atoms with Gasteiger partial charge in [-0.05, 0) is 11.6 Å². The smallest absolute Gasteiger partial charge is 0.157 e. The van der Waals surface area contributed by atoms with E-state index < -0.39 is 0 Å². The zero-order valence-corrected chi connectivity index (χ0v) is 9.72. The lowest BCUT2D eigenvalue weighted by molar-refractivity contribution is -0.125. The van der Waals surface area contributed by atoms with E-state index in [9.17, 15) is 4.79 Å². The van der Waals surface area contributed by atoms with Gasteiger partial charge >= 0.3 is 0 Å². The van der Waals surface area contributed by atoms with Crippen molar-refractivity contribution in [1.82, 2.24) is 5.06 Å². The first-order chi connectivity index (χ1) is 7.72. The van der Waals surface area contributed by atoms with E-state index in [0.29, 0.717) is 13.0 Å². The van der Waals surface area contributed by atoms with Crippen LogP contribution in [0.3, 0.4) is 0 Å². The molecular formula is C13H17NO2. The van der Waals surface area contributed by atoms with E-state index >= 15 is 0 Å². The first-order valence-corrected chi connectivity index (χ1v) is 5.23. The van der Waals surface area contributed by atoms with Crippen molar-refractivity contribution < 1.29 is 9.63 Å². The zero-order chi connectivity index (χ0) is 11.8. The molecule has 1 aromatic rings. The minimum atomic E-state index is 0.104. The van der Waals surface area contributed by atoms with Gasteiger partial charge in [0.05, 0.1) is 7.11 Å². The third kappa shape index (κ3) is 4.87. The van der Waals surface area contributed by atoms with Gasteiger partial charge in [0.25, 0.3) is 0 Å². The van der Waals surface area contributed by atoms with Gasteiger partial charge in [-0.2, -0.15) is 5.06 Å². The molecule has 0 bridgehead atoms. The summed E-state index contributed by atoms with van der Waals surface area (Å²) < 4.78 is 0. The predicted molar refractivity (Wildman–Crippen MR) is 64.7 cm³/mol. The average Bonchev–Trinajstić information content (AvgIpc) is 2.34. The van der Waals surface area contributed by atoms with Crippen molar-refractivity contribution in [2.45, 2.75) is 6.42 Å². The van der Waals surface area contributed by atoms with Crippen molar-refractivity contribution in [1.29, 1.82) is 0 Å². The van der Waals surface area contributed by atoms with Crippen LogP contribution >= 0.6 is 0 Å².